The van der Waals surface area contributed by atoms with E-state index in [1.807, 2.05) is 0 Å². The summed E-state index contributed by atoms with van der Waals surface area (Å²) in [5.74, 6) is -1.99. The number of benzene rings is 2. The number of hydrogen-bond acceptors (Lipinski definition) is 6. The minimum Gasteiger partial charge on any atom is -0.507 e. The number of ketones is 1. The summed E-state index contributed by atoms with van der Waals surface area (Å²) in [7, 11) is 0. The molecule has 8 nitrogen and oxygen atoms in total. The molecule has 23 heavy (non-hydrogen) atoms. The number of aromatic hydroxyl groups is 2. The van der Waals surface area contributed by atoms with Crippen molar-refractivity contribution in [2.45, 2.75) is 6.92 Å². The van der Waals surface area contributed by atoms with Crippen LogP contribution >= 0.6 is 0 Å². The van der Waals surface area contributed by atoms with Crippen molar-refractivity contribution in [1.82, 2.24) is 0 Å². The van der Waals surface area contributed by atoms with E-state index >= 15 is 0 Å². The SMILES string of the molecule is CC(=O)Nc1ccc(C(=O)c2ccc([N+](=O)[O-])cc2O)c(O)c1. The highest BCUT2D eigenvalue weighted by Gasteiger charge is 2.20. The summed E-state index contributed by atoms with van der Waals surface area (Å²) in [5, 5.41) is 32.7. The van der Waals surface area contributed by atoms with E-state index in [9.17, 15) is 29.9 Å². The first-order chi connectivity index (χ1) is 10.8. The van der Waals surface area contributed by atoms with Crippen molar-refractivity contribution >= 4 is 23.1 Å². The van der Waals surface area contributed by atoms with Crippen LogP contribution in [0.1, 0.15) is 22.8 Å². The highest BCUT2D eigenvalue weighted by molar-refractivity contribution is 6.12. The van der Waals surface area contributed by atoms with Crippen LogP contribution in [0.4, 0.5) is 11.4 Å². The largest absolute Gasteiger partial charge is 0.507 e. The number of rotatable bonds is 4. The predicted octanol–water partition coefficient (Wildman–Crippen LogP) is 2.20. The molecule has 0 bridgehead atoms. The fourth-order valence-corrected chi connectivity index (χ4v) is 1.98. The zero-order valence-corrected chi connectivity index (χ0v) is 11.9. The molecule has 0 aliphatic carbocycles. The molecule has 0 aliphatic rings. The van der Waals surface area contributed by atoms with Crippen LogP contribution in [0.15, 0.2) is 36.4 Å². The first kappa shape index (κ1) is 16.0. The number of carbonyl (C=O) groups is 2. The number of carbonyl (C=O) groups excluding carboxylic acids is 2. The van der Waals surface area contributed by atoms with E-state index in [0.717, 1.165) is 18.2 Å². The maximum atomic E-state index is 12.3. The van der Waals surface area contributed by atoms with Gasteiger partial charge in [-0.1, -0.05) is 0 Å². The summed E-state index contributed by atoms with van der Waals surface area (Å²) in [6.07, 6.45) is 0. The Labute approximate surface area is 130 Å². The van der Waals surface area contributed by atoms with E-state index in [4.69, 9.17) is 0 Å². The molecule has 0 saturated heterocycles. The average Bonchev–Trinajstić information content (AvgIpc) is 2.45. The average molecular weight is 316 g/mol. The highest BCUT2D eigenvalue weighted by Crippen LogP contribution is 2.29. The lowest BCUT2D eigenvalue weighted by Crippen LogP contribution is -2.07. The van der Waals surface area contributed by atoms with Crippen molar-refractivity contribution in [2.24, 2.45) is 0 Å². The predicted molar refractivity (Wildman–Crippen MR) is 80.6 cm³/mol. The smallest absolute Gasteiger partial charge is 0.273 e. The minimum atomic E-state index is -0.704. The lowest BCUT2D eigenvalue weighted by atomic mass is 10.0. The molecule has 8 heteroatoms. The van der Waals surface area contributed by atoms with E-state index < -0.39 is 16.5 Å². The number of nitro benzene ring substituents is 1. The molecule has 0 fully saturated rings. The van der Waals surface area contributed by atoms with Gasteiger partial charge in [0, 0.05) is 24.7 Å². The third-order valence-corrected chi connectivity index (χ3v) is 3.00. The van der Waals surface area contributed by atoms with Gasteiger partial charge in [-0.3, -0.25) is 19.7 Å². The summed E-state index contributed by atoms with van der Waals surface area (Å²) in [5.41, 5.74) is -0.342. The van der Waals surface area contributed by atoms with Crippen LogP contribution in [0, 0.1) is 10.1 Å². The number of anilines is 1. The minimum absolute atomic E-state index is 0.108. The van der Waals surface area contributed by atoms with E-state index in [1.54, 1.807) is 0 Å². The van der Waals surface area contributed by atoms with Gasteiger partial charge in [0.1, 0.15) is 11.5 Å². The van der Waals surface area contributed by atoms with Gasteiger partial charge in [-0.2, -0.15) is 0 Å². The van der Waals surface area contributed by atoms with Gasteiger partial charge in [0.05, 0.1) is 22.1 Å². The van der Waals surface area contributed by atoms with Crippen molar-refractivity contribution in [2.75, 3.05) is 5.32 Å². The number of hydrogen-bond donors (Lipinski definition) is 3. The quantitative estimate of drug-likeness (QED) is 0.450. The molecule has 0 saturated carbocycles. The van der Waals surface area contributed by atoms with E-state index in [2.05, 4.69) is 5.32 Å². The zero-order chi connectivity index (χ0) is 17.1. The van der Waals surface area contributed by atoms with Crippen LogP contribution in [-0.2, 0) is 4.79 Å². The normalized spacial score (nSPS) is 10.1. The van der Waals surface area contributed by atoms with Gasteiger partial charge < -0.3 is 15.5 Å². The number of nitrogens with one attached hydrogen (secondary N) is 1. The van der Waals surface area contributed by atoms with Gasteiger partial charge in [-0.25, -0.2) is 0 Å². The Hall–Kier alpha value is -3.42. The molecule has 0 aromatic heterocycles. The Bertz CT molecular complexity index is 816. The van der Waals surface area contributed by atoms with Crippen LogP contribution in [0.3, 0.4) is 0 Å². The third-order valence-electron chi connectivity index (χ3n) is 3.00. The van der Waals surface area contributed by atoms with Gasteiger partial charge in [0.2, 0.25) is 5.91 Å². The van der Waals surface area contributed by atoms with E-state index in [1.165, 1.54) is 25.1 Å². The Balaban J connectivity index is 2.37. The molecule has 0 unspecified atom stereocenters. The molecule has 0 heterocycles. The molecule has 0 spiro atoms. The van der Waals surface area contributed by atoms with Crippen molar-refractivity contribution in [1.29, 1.82) is 0 Å². The summed E-state index contributed by atoms with van der Waals surface area (Å²) in [6.45, 7) is 1.30. The maximum absolute atomic E-state index is 12.3. The number of non-ortho nitro benzene ring substituents is 1. The van der Waals surface area contributed by atoms with Crippen molar-refractivity contribution < 1.29 is 24.7 Å². The topological polar surface area (TPSA) is 130 Å². The first-order valence-corrected chi connectivity index (χ1v) is 6.42. The van der Waals surface area contributed by atoms with Crippen LogP contribution in [0.5, 0.6) is 11.5 Å². The maximum Gasteiger partial charge on any atom is 0.273 e. The zero-order valence-electron chi connectivity index (χ0n) is 11.9. The Morgan fingerprint density at radius 2 is 1.61 bits per heavy atom. The van der Waals surface area contributed by atoms with Crippen LogP contribution in [-0.4, -0.2) is 26.8 Å². The van der Waals surface area contributed by atoms with Gasteiger partial charge in [0.25, 0.3) is 5.69 Å². The fourth-order valence-electron chi connectivity index (χ4n) is 1.98. The van der Waals surface area contributed by atoms with Crippen LogP contribution < -0.4 is 5.32 Å². The summed E-state index contributed by atoms with van der Waals surface area (Å²) >= 11 is 0. The second kappa shape index (κ2) is 6.14. The van der Waals surface area contributed by atoms with Gasteiger partial charge in [-0.05, 0) is 18.2 Å². The molecule has 2 aromatic rings. The van der Waals surface area contributed by atoms with Crippen molar-refractivity contribution in [3.63, 3.8) is 0 Å². The third kappa shape index (κ3) is 3.43. The summed E-state index contributed by atoms with van der Waals surface area (Å²) < 4.78 is 0. The van der Waals surface area contributed by atoms with Gasteiger partial charge >= 0.3 is 0 Å². The van der Waals surface area contributed by atoms with Crippen LogP contribution in [0.25, 0.3) is 0 Å². The molecule has 0 atom stereocenters. The molecular formula is C15H12N2O6. The second-order valence-electron chi connectivity index (χ2n) is 4.70. The van der Waals surface area contributed by atoms with Gasteiger partial charge in [0.15, 0.2) is 5.78 Å². The van der Waals surface area contributed by atoms with Crippen molar-refractivity contribution in [3.8, 4) is 11.5 Å². The van der Waals surface area contributed by atoms with Gasteiger partial charge in [-0.15, -0.1) is 0 Å². The number of nitro groups is 1. The molecule has 1 amide bonds. The Morgan fingerprint density at radius 1 is 1.04 bits per heavy atom. The number of phenols is 2. The van der Waals surface area contributed by atoms with E-state index in [0.29, 0.717) is 5.69 Å². The van der Waals surface area contributed by atoms with Crippen molar-refractivity contribution in [3.05, 3.63) is 57.6 Å². The molecular weight excluding hydrogens is 304 g/mol. The molecule has 0 aliphatic heterocycles. The lowest BCUT2D eigenvalue weighted by molar-refractivity contribution is -0.384. The summed E-state index contributed by atoms with van der Waals surface area (Å²) in [6, 6.07) is 6.93. The van der Waals surface area contributed by atoms with E-state index in [-0.39, 0.29) is 28.5 Å². The van der Waals surface area contributed by atoms with Crippen LogP contribution in [0.2, 0.25) is 0 Å². The fraction of sp³-hybridized carbons (Fsp3) is 0.0667. The Morgan fingerprint density at radius 3 is 2.09 bits per heavy atom. The second-order valence-corrected chi connectivity index (χ2v) is 4.70. The molecule has 3 N–H and O–H groups in total. The standard InChI is InChI=1S/C15H12N2O6/c1-8(18)16-9-2-4-11(13(19)6-9)15(21)12-5-3-10(17(22)23)7-14(12)20/h2-7,19-20H,1H3,(H,16,18). The highest BCUT2D eigenvalue weighted by atomic mass is 16.6. The monoisotopic (exact) mass is 316 g/mol. The number of phenolic OH excluding ortho intramolecular Hbond substituents is 2. The first-order valence-electron chi connectivity index (χ1n) is 6.42. The molecule has 118 valence electrons. The molecule has 2 aromatic carbocycles. The molecule has 2 rings (SSSR count). The molecule has 0 radical (unpaired) electrons. The number of amides is 1. The number of nitrogens with zero attached hydrogens (tertiary/aromatic N) is 1. The lowest BCUT2D eigenvalue weighted by Gasteiger charge is -2.08. The summed E-state index contributed by atoms with van der Waals surface area (Å²) in [4.78, 5) is 33.2. The Kier molecular flexibility index (Phi) is 4.26.